The van der Waals surface area contributed by atoms with Crippen molar-refractivity contribution in [3.05, 3.63) is 104 Å². The smallest absolute Gasteiger partial charge is 0.265 e. The number of hydrogen-bond acceptors (Lipinski definition) is 3. The second-order valence-electron chi connectivity index (χ2n) is 6.93. The highest BCUT2D eigenvalue weighted by atomic mass is 79.9. The molecular weight excluding hydrogens is 449 g/mol. The van der Waals surface area contributed by atoms with Crippen molar-refractivity contribution < 1.29 is 9.18 Å². The monoisotopic (exact) mass is 465 g/mol. The molecule has 5 nitrogen and oxygen atoms in total. The lowest BCUT2D eigenvalue weighted by Gasteiger charge is -2.13. The summed E-state index contributed by atoms with van der Waals surface area (Å²) in [4.78, 5) is 30.4. The Kier molecular flexibility index (Phi) is 5.46. The van der Waals surface area contributed by atoms with Crippen LogP contribution in [0.3, 0.4) is 0 Å². The molecule has 2 heterocycles. The number of amides is 1. The maximum Gasteiger partial charge on any atom is 0.265 e. The van der Waals surface area contributed by atoms with Crippen LogP contribution in [0.5, 0.6) is 0 Å². The molecule has 1 N–H and O–H groups in total. The Morgan fingerprint density at radius 2 is 1.90 bits per heavy atom. The number of rotatable bonds is 4. The van der Waals surface area contributed by atoms with Crippen LogP contribution in [0, 0.1) is 12.7 Å². The molecule has 0 spiro atoms. The van der Waals surface area contributed by atoms with Crippen LogP contribution >= 0.6 is 15.9 Å². The molecule has 0 aliphatic heterocycles. The van der Waals surface area contributed by atoms with Crippen LogP contribution in [-0.4, -0.2) is 15.5 Å². The highest BCUT2D eigenvalue weighted by Gasteiger charge is 2.18. The first-order valence-corrected chi connectivity index (χ1v) is 10.0. The first-order chi connectivity index (χ1) is 14.4. The number of benzene rings is 2. The summed E-state index contributed by atoms with van der Waals surface area (Å²) >= 11 is 3.18. The summed E-state index contributed by atoms with van der Waals surface area (Å²) in [6.45, 7) is 2.25. The minimum atomic E-state index is -0.676. The summed E-state index contributed by atoms with van der Waals surface area (Å²) in [5, 5.41) is 3.13. The predicted molar refractivity (Wildman–Crippen MR) is 118 cm³/mol. The average molecular weight is 466 g/mol. The predicted octanol–water partition coefficient (Wildman–Crippen LogP) is 4.91. The van der Waals surface area contributed by atoms with E-state index in [1.165, 1.54) is 22.8 Å². The SMILES string of the molecule is Cc1ccc(Cn2c(=O)c(C(=O)Nc3ccc(Br)cc3F)cc3cccnc32)cc1. The third-order valence-electron chi connectivity index (χ3n) is 4.73. The van der Waals surface area contributed by atoms with Crippen LogP contribution in [0.2, 0.25) is 0 Å². The van der Waals surface area contributed by atoms with Crippen LogP contribution in [0.15, 0.2) is 76.1 Å². The molecule has 30 heavy (non-hydrogen) atoms. The number of halogens is 2. The van der Waals surface area contributed by atoms with Crippen molar-refractivity contribution in [2.45, 2.75) is 13.5 Å². The van der Waals surface area contributed by atoms with Gasteiger partial charge in [-0.3, -0.25) is 14.2 Å². The molecule has 2 aromatic carbocycles. The van der Waals surface area contributed by atoms with Crippen molar-refractivity contribution in [1.82, 2.24) is 9.55 Å². The highest BCUT2D eigenvalue weighted by molar-refractivity contribution is 9.10. The number of fused-ring (bicyclic) bond motifs is 1. The number of carbonyl (C=O) groups is 1. The molecule has 7 heteroatoms. The van der Waals surface area contributed by atoms with Gasteiger partial charge in [0, 0.05) is 16.1 Å². The number of anilines is 1. The van der Waals surface area contributed by atoms with E-state index in [0.717, 1.165) is 11.1 Å². The lowest BCUT2D eigenvalue weighted by Crippen LogP contribution is -2.30. The van der Waals surface area contributed by atoms with Gasteiger partial charge >= 0.3 is 0 Å². The van der Waals surface area contributed by atoms with E-state index in [1.54, 1.807) is 24.4 Å². The number of pyridine rings is 2. The number of carbonyl (C=O) groups excluding carboxylic acids is 1. The quantitative estimate of drug-likeness (QED) is 0.465. The van der Waals surface area contributed by atoms with Gasteiger partial charge in [0.05, 0.1) is 12.2 Å². The molecule has 0 saturated heterocycles. The number of nitrogens with one attached hydrogen (secondary N) is 1. The second-order valence-corrected chi connectivity index (χ2v) is 7.85. The Labute approximate surface area is 180 Å². The maximum absolute atomic E-state index is 14.1. The van der Waals surface area contributed by atoms with Crippen molar-refractivity contribution >= 4 is 38.6 Å². The third-order valence-corrected chi connectivity index (χ3v) is 5.23. The molecule has 0 fully saturated rings. The summed E-state index contributed by atoms with van der Waals surface area (Å²) in [7, 11) is 0. The fourth-order valence-corrected chi connectivity index (χ4v) is 3.51. The molecule has 150 valence electrons. The van der Waals surface area contributed by atoms with Crippen LogP contribution in [0.25, 0.3) is 11.0 Å². The molecule has 0 radical (unpaired) electrons. The molecule has 1 amide bonds. The molecule has 0 aliphatic carbocycles. The zero-order valence-electron chi connectivity index (χ0n) is 16.0. The number of aryl methyl sites for hydroxylation is 1. The van der Waals surface area contributed by atoms with Gasteiger partial charge in [0.1, 0.15) is 17.0 Å². The fourth-order valence-electron chi connectivity index (χ4n) is 3.17. The number of nitrogens with zero attached hydrogens (tertiary/aromatic N) is 2. The van der Waals surface area contributed by atoms with Gasteiger partial charge in [0.2, 0.25) is 0 Å². The van der Waals surface area contributed by atoms with Gasteiger partial charge in [-0.2, -0.15) is 0 Å². The fraction of sp³-hybridized carbons (Fsp3) is 0.0870. The lowest BCUT2D eigenvalue weighted by molar-refractivity contribution is 0.102. The number of aromatic nitrogens is 2. The van der Waals surface area contributed by atoms with Crippen molar-refractivity contribution in [1.29, 1.82) is 0 Å². The Bertz CT molecular complexity index is 1320. The maximum atomic E-state index is 14.1. The van der Waals surface area contributed by atoms with E-state index in [1.807, 2.05) is 31.2 Å². The van der Waals surface area contributed by atoms with E-state index in [-0.39, 0.29) is 17.8 Å². The van der Waals surface area contributed by atoms with E-state index < -0.39 is 17.3 Å². The van der Waals surface area contributed by atoms with Crippen LogP contribution < -0.4 is 10.9 Å². The highest BCUT2D eigenvalue weighted by Crippen LogP contribution is 2.20. The summed E-state index contributed by atoms with van der Waals surface area (Å²) in [5.41, 5.74) is 1.93. The van der Waals surface area contributed by atoms with Crippen molar-refractivity contribution in [2.75, 3.05) is 5.32 Å². The van der Waals surface area contributed by atoms with E-state index in [9.17, 15) is 14.0 Å². The molecule has 0 bridgehead atoms. The van der Waals surface area contributed by atoms with E-state index in [4.69, 9.17) is 0 Å². The molecule has 0 unspecified atom stereocenters. The first kappa shape index (κ1) is 20.0. The zero-order chi connectivity index (χ0) is 21.3. The first-order valence-electron chi connectivity index (χ1n) is 9.23. The van der Waals surface area contributed by atoms with E-state index in [2.05, 4.69) is 26.2 Å². The topological polar surface area (TPSA) is 64.0 Å². The summed E-state index contributed by atoms with van der Waals surface area (Å²) in [6.07, 6.45) is 1.60. The van der Waals surface area contributed by atoms with Crippen LogP contribution in [0.1, 0.15) is 21.5 Å². The number of hydrogen-bond donors (Lipinski definition) is 1. The van der Waals surface area contributed by atoms with Gasteiger partial charge in [0.15, 0.2) is 0 Å². The molecule has 0 atom stereocenters. The second kappa shape index (κ2) is 8.20. The van der Waals surface area contributed by atoms with Gasteiger partial charge < -0.3 is 5.32 Å². The molecule has 4 rings (SSSR count). The molecule has 2 aromatic heterocycles. The van der Waals surface area contributed by atoms with Gasteiger partial charge in [-0.15, -0.1) is 0 Å². The minimum absolute atomic E-state index is 0.000955. The normalized spacial score (nSPS) is 10.9. The summed E-state index contributed by atoms with van der Waals surface area (Å²) in [5.74, 6) is -1.27. The van der Waals surface area contributed by atoms with Gasteiger partial charge in [-0.05, 0) is 48.9 Å². The van der Waals surface area contributed by atoms with Crippen molar-refractivity contribution in [3.63, 3.8) is 0 Å². The Morgan fingerprint density at radius 3 is 2.63 bits per heavy atom. The molecule has 4 aromatic rings. The van der Waals surface area contributed by atoms with Crippen LogP contribution in [0.4, 0.5) is 10.1 Å². The van der Waals surface area contributed by atoms with Gasteiger partial charge in [-0.1, -0.05) is 45.8 Å². The molecular formula is C23H17BrFN3O2. The Hall–Kier alpha value is -3.32. The average Bonchev–Trinajstić information content (AvgIpc) is 2.73. The van der Waals surface area contributed by atoms with Crippen LogP contribution in [-0.2, 0) is 6.54 Å². The Morgan fingerprint density at radius 1 is 1.13 bits per heavy atom. The van der Waals surface area contributed by atoms with Crippen molar-refractivity contribution in [3.8, 4) is 0 Å². The summed E-state index contributed by atoms with van der Waals surface area (Å²) < 4.78 is 16.2. The largest absolute Gasteiger partial charge is 0.319 e. The standard InChI is InChI=1S/C23H17BrFN3O2/c1-14-4-6-15(7-5-14)13-28-21-16(3-2-10-26-21)11-18(23(28)30)22(29)27-20-9-8-17(24)12-19(20)25/h2-12H,13H2,1H3,(H,27,29). The van der Waals surface area contributed by atoms with E-state index in [0.29, 0.717) is 15.5 Å². The third kappa shape index (κ3) is 4.02. The van der Waals surface area contributed by atoms with Gasteiger partial charge in [-0.25, -0.2) is 9.37 Å². The summed E-state index contributed by atoms with van der Waals surface area (Å²) in [6, 6.07) is 17.1. The Balaban J connectivity index is 1.78. The van der Waals surface area contributed by atoms with Gasteiger partial charge in [0.25, 0.3) is 11.5 Å². The zero-order valence-corrected chi connectivity index (χ0v) is 17.6. The minimum Gasteiger partial charge on any atom is -0.319 e. The van der Waals surface area contributed by atoms with E-state index >= 15 is 0 Å². The van der Waals surface area contributed by atoms with Crippen molar-refractivity contribution in [2.24, 2.45) is 0 Å². The molecule has 0 aliphatic rings. The molecule has 0 saturated carbocycles. The lowest BCUT2D eigenvalue weighted by atomic mass is 10.1.